The van der Waals surface area contributed by atoms with Gasteiger partial charge >= 0.3 is 19.8 Å². The van der Waals surface area contributed by atoms with Crippen molar-refractivity contribution in [1.82, 2.24) is 0 Å². The molecular weight excluding hydrogens is 1150 g/mol. The Morgan fingerprint density at radius 2 is 0.626 bits per heavy atom. The molecule has 0 fully saturated rings. The standard InChI is InChI=1S/C81H150NO8P/c1-6-8-10-12-14-16-18-20-22-24-26-28-30-32-34-36-38-40-42-43-45-47-49-51-53-55-57-59-61-63-65-67-69-71-73-80(83)87-77-79(78-89-91(85,86)88-76-75-82(3,4)5)90-81(84)74-72-70-68-66-64-62-60-58-56-54-52-50-48-46-44-41-39-37-35-33-31-29-27-25-23-21-19-17-15-13-11-9-7-2/h9,11,15,17,21,23,27,29,33,35,39,41,79H,6-8,10,12-14,16,18-20,22,24-26,28,30-32,34,36-38,40,42-78H2,1-5H3/p+1/b11-9-,17-15-,23-21-,29-27-,35-33-,41-39-. The number of quaternary nitrogens is 1. The SMILES string of the molecule is CC/C=C\C/C=C\C/C=C\C/C=C\C/C=C\C/C=C\CCCCCCCCCCCCCCCCC(=O)OC(COC(=O)CCCCCCCCCCCCCCCCCCCCCCCCCCCCCCCCCCCC)COP(=O)(O)OCC[N+](C)(C)C. The van der Waals surface area contributed by atoms with Crippen LogP contribution in [0.5, 0.6) is 0 Å². The summed E-state index contributed by atoms with van der Waals surface area (Å²) in [6, 6.07) is 0. The molecule has 0 aromatic carbocycles. The number of hydrogen-bond acceptors (Lipinski definition) is 7. The number of hydrogen-bond donors (Lipinski definition) is 1. The minimum Gasteiger partial charge on any atom is -0.462 e. The van der Waals surface area contributed by atoms with E-state index >= 15 is 0 Å². The summed E-state index contributed by atoms with van der Waals surface area (Å²) in [5, 5.41) is 0. The van der Waals surface area contributed by atoms with Gasteiger partial charge in [-0.25, -0.2) is 4.57 Å². The Morgan fingerprint density at radius 1 is 0.352 bits per heavy atom. The third kappa shape index (κ3) is 76.4. The van der Waals surface area contributed by atoms with Crippen LogP contribution in [0, 0.1) is 0 Å². The van der Waals surface area contributed by atoms with Crippen molar-refractivity contribution in [2.24, 2.45) is 0 Å². The molecule has 91 heavy (non-hydrogen) atoms. The Labute approximate surface area is 565 Å². The first-order valence-electron chi connectivity index (χ1n) is 39.2. The molecule has 0 spiro atoms. The van der Waals surface area contributed by atoms with Crippen LogP contribution in [0.3, 0.4) is 0 Å². The molecule has 0 rings (SSSR count). The Hall–Kier alpha value is -2.55. The van der Waals surface area contributed by atoms with Crippen LogP contribution in [0.1, 0.15) is 380 Å². The van der Waals surface area contributed by atoms with Crippen LogP contribution in [-0.2, 0) is 32.7 Å². The number of unbranched alkanes of at least 4 members (excludes halogenated alkanes) is 47. The largest absolute Gasteiger partial charge is 0.472 e. The number of phosphoric ester groups is 1. The Balaban J connectivity index is 3.95. The lowest BCUT2D eigenvalue weighted by atomic mass is 10.0. The third-order valence-electron chi connectivity index (χ3n) is 17.5. The summed E-state index contributed by atoms with van der Waals surface area (Å²) in [5.41, 5.74) is 0. The summed E-state index contributed by atoms with van der Waals surface area (Å²) in [6.07, 6.45) is 97.6. The highest BCUT2D eigenvalue weighted by Gasteiger charge is 2.27. The summed E-state index contributed by atoms with van der Waals surface area (Å²) < 4.78 is 34.8. The Kier molecular flexibility index (Phi) is 69.7. The summed E-state index contributed by atoms with van der Waals surface area (Å²) in [4.78, 5) is 36.0. The van der Waals surface area contributed by atoms with E-state index in [9.17, 15) is 19.0 Å². The molecule has 2 atom stereocenters. The second-order valence-corrected chi connectivity index (χ2v) is 29.2. The van der Waals surface area contributed by atoms with Crippen LogP contribution in [0.2, 0.25) is 0 Å². The fourth-order valence-electron chi connectivity index (χ4n) is 11.6. The van der Waals surface area contributed by atoms with Crippen LogP contribution >= 0.6 is 7.82 Å². The van der Waals surface area contributed by atoms with Gasteiger partial charge in [-0.05, 0) is 64.2 Å². The van der Waals surface area contributed by atoms with E-state index in [-0.39, 0.29) is 25.6 Å². The molecule has 0 aliphatic carbocycles. The van der Waals surface area contributed by atoms with E-state index in [2.05, 4.69) is 86.8 Å². The fourth-order valence-corrected chi connectivity index (χ4v) is 12.3. The zero-order chi connectivity index (χ0) is 66.2. The lowest BCUT2D eigenvalue weighted by Crippen LogP contribution is -2.37. The quantitative estimate of drug-likeness (QED) is 0.0211. The molecule has 0 bridgehead atoms. The Morgan fingerprint density at radius 3 is 0.934 bits per heavy atom. The van der Waals surface area contributed by atoms with E-state index in [0.717, 1.165) is 77.0 Å². The maximum Gasteiger partial charge on any atom is 0.472 e. The van der Waals surface area contributed by atoms with Gasteiger partial charge in [0.2, 0.25) is 0 Å². The highest BCUT2D eigenvalue weighted by Crippen LogP contribution is 2.43. The van der Waals surface area contributed by atoms with E-state index in [1.165, 1.54) is 270 Å². The van der Waals surface area contributed by atoms with Gasteiger partial charge in [-0.15, -0.1) is 0 Å². The van der Waals surface area contributed by atoms with Gasteiger partial charge in [0, 0.05) is 12.8 Å². The van der Waals surface area contributed by atoms with Crippen molar-refractivity contribution in [3.8, 4) is 0 Å². The van der Waals surface area contributed by atoms with E-state index in [1.807, 2.05) is 21.1 Å². The molecule has 0 aliphatic rings. The third-order valence-corrected chi connectivity index (χ3v) is 18.5. The van der Waals surface area contributed by atoms with Gasteiger partial charge in [0.1, 0.15) is 19.8 Å². The summed E-state index contributed by atoms with van der Waals surface area (Å²) in [7, 11) is 1.49. The molecule has 1 N–H and O–H groups in total. The first kappa shape index (κ1) is 88.5. The molecule has 10 heteroatoms. The average molecular weight is 1300 g/mol. The van der Waals surface area contributed by atoms with Gasteiger partial charge in [0.05, 0.1) is 27.7 Å². The summed E-state index contributed by atoms with van der Waals surface area (Å²) in [6.45, 7) is 4.38. The van der Waals surface area contributed by atoms with Crippen molar-refractivity contribution in [1.29, 1.82) is 0 Å². The average Bonchev–Trinajstić information content (AvgIpc) is 3.62. The van der Waals surface area contributed by atoms with Gasteiger partial charge in [-0.2, -0.15) is 0 Å². The molecule has 0 aromatic rings. The van der Waals surface area contributed by atoms with Crippen molar-refractivity contribution in [3.63, 3.8) is 0 Å². The lowest BCUT2D eigenvalue weighted by Gasteiger charge is -2.24. The monoisotopic (exact) mass is 1300 g/mol. The number of ether oxygens (including phenoxy) is 2. The smallest absolute Gasteiger partial charge is 0.462 e. The van der Waals surface area contributed by atoms with Crippen molar-refractivity contribution in [3.05, 3.63) is 72.9 Å². The van der Waals surface area contributed by atoms with Gasteiger partial charge in [0.25, 0.3) is 0 Å². The van der Waals surface area contributed by atoms with Gasteiger partial charge in [0.15, 0.2) is 6.10 Å². The van der Waals surface area contributed by atoms with Crippen LogP contribution in [0.4, 0.5) is 0 Å². The number of likely N-dealkylation sites (N-methyl/N-ethyl adjacent to an activating group) is 1. The maximum absolute atomic E-state index is 12.9. The molecule has 0 saturated heterocycles. The predicted octanol–water partition coefficient (Wildman–Crippen LogP) is 25.9. The molecule has 2 unspecified atom stereocenters. The minimum absolute atomic E-state index is 0.0320. The number of allylic oxidation sites excluding steroid dienone is 12. The van der Waals surface area contributed by atoms with E-state index in [4.69, 9.17) is 18.5 Å². The van der Waals surface area contributed by atoms with E-state index < -0.39 is 26.5 Å². The predicted molar refractivity (Wildman–Crippen MR) is 395 cm³/mol. The second kappa shape index (κ2) is 71.7. The molecule has 9 nitrogen and oxygen atoms in total. The topological polar surface area (TPSA) is 108 Å². The van der Waals surface area contributed by atoms with Crippen molar-refractivity contribution < 1.29 is 42.1 Å². The second-order valence-electron chi connectivity index (χ2n) is 27.7. The first-order chi connectivity index (χ1) is 44.5. The zero-order valence-electron chi connectivity index (χ0n) is 60.8. The van der Waals surface area contributed by atoms with Crippen LogP contribution in [0.15, 0.2) is 72.9 Å². The van der Waals surface area contributed by atoms with Crippen molar-refractivity contribution in [2.75, 3.05) is 47.5 Å². The normalized spacial score (nSPS) is 13.4. The van der Waals surface area contributed by atoms with Crippen molar-refractivity contribution in [2.45, 2.75) is 386 Å². The maximum atomic E-state index is 12.9. The molecular formula is C81H151NO8P+. The number of rotatable bonds is 73. The van der Waals surface area contributed by atoms with Crippen LogP contribution < -0.4 is 0 Å². The minimum atomic E-state index is -4.40. The number of esters is 2. The molecule has 0 aromatic heterocycles. The van der Waals surface area contributed by atoms with Gasteiger partial charge in [-0.1, -0.05) is 376 Å². The molecule has 0 radical (unpaired) electrons. The number of carbonyl (C=O) groups excluding carboxylic acids is 2. The molecule has 0 amide bonds. The summed E-state index contributed by atoms with van der Waals surface area (Å²) >= 11 is 0. The molecule has 0 aliphatic heterocycles. The fraction of sp³-hybridized carbons (Fsp3) is 0.827. The lowest BCUT2D eigenvalue weighted by molar-refractivity contribution is -0.870. The van der Waals surface area contributed by atoms with E-state index in [1.54, 1.807) is 0 Å². The van der Waals surface area contributed by atoms with Crippen molar-refractivity contribution >= 4 is 19.8 Å². The van der Waals surface area contributed by atoms with Gasteiger partial charge in [-0.3, -0.25) is 18.6 Å². The summed E-state index contributed by atoms with van der Waals surface area (Å²) in [5.74, 6) is -0.780. The van der Waals surface area contributed by atoms with Gasteiger partial charge < -0.3 is 18.9 Å². The molecule has 532 valence electrons. The first-order valence-corrected chi connectivity index (χ1v) is 40.7. The number of nitrogens with zero attached hydrogens (tertiary/aromatic N) is 1. The van der Waals surface area contributed by atoms with E-state index in [0.29, 0.717) is 23.9 Å². The van der Waals surface area contributed by atoms with Crippen LogP contribution in [-0.4, -0.2) is 74.9 Å². The zero-order valence-corrected chi connectivity index (χ0v) is 61.7. The highest BCUT2D eigenvalue weighted by molar-refractivity contribution is 7.47. The number of phosphoric acid groups is 1. The highest BCUT2D eigenvalue weighted by atomic mass is 31.2. The molecule has 0 heterocycles. The number of carbonyl (C=O) groups is 2. The van der Waals surface area contributed by atoms with Crippen LogP contribution in [0.25, 0.3) is 0 Å². The molecule has 0 saturated carbocycles. The Bertz CT molecular complexity index is 1770.